The summed E-state index contributed by atoms with van der Waals surface area (Å²) in [5.74, 6) is -0.303. The smallest absolute Gasteiger partial charge is 0.316 e. The summed E-state index contributed by atoms with van der Waals surface area (Å²) in [6.07, 6.45) is 1.01. The van der Waals surface area contributed by atoms with Crippen LogP contribution < -0.4 is 0 Å². The number of carbonyl (C=O) groups is 1. The zero-order chi connectivity index (χ0) is 9.64. The minimum absolute atomic E-state index is 0.0822. The molecule has 0 unspecified atom stereocenters. The lowest BCUT2D eigenvalue weighted by Crippen LogP contribution is -2.42. The highest BCUT2D eigenvalue weighted by Gasteiger charge is 2.55. The zero-order valence-corrected chi connectivity index (χ0v) is 7.75. The molecule has 0 bridgehead atoms. The van der Waals surface area contributed by atoms with Gasteiger partial charge in [0.25, 0.3) is 0 Å². The van der Waals surface area contributed by atoms with Crippen LogP contribution in [0.5, 0.6) is 0 Å². The molecule has 2 aliphatic rings. The third-order valence-electron chi connectivity index (χ3n) is 3.50. The van der Waals surface area contributed by atoms with Gasteiger partial charge in [-0.2, -0.15) is 0 Å². The van der Waals surface area contributed by atoms with Crippen LogP contribution in [-0.2, 0) is 9.53 Å². The number of rotatable bonds is 0. The Bertz CT molecular complexity index is 271. The first-order valence-electron chi connectivity index (χ1n) is 4.60. The molecule has 3 atom stereocenters. The molecule has 0 aromatic carbocycles. The largest absolute Gasteiger partial charge is 0.465 e. The monoisotopic (exact) mass is 182 g/mol. The molecule has 3 nitrogen and oxygen atoms in total. The fourth-order valence-electron chi connectivity index (χ4n) is 2.32. The molecule has 1 N–H and O–H groups in total. The summed E-state index contributed by atoms with van der Waals surface area (Å²) < 4.78 is 4.98. The van der Waals surface area contributed by atoms with Gasteiger partial charge in [-0.15, -0.1) is 0 Å². The molecule has 1 heterocycles. The fourth-order valence-corrected chi connectivity index (χ4v) is 2.32. The normalized spacial score (nSPS) is 44.5. The summed E-state index contributed by atoms with van der Waals surface area (Å²) in [4.78, 5) is 11.5. The highest BCUT2D eigenvalue weighted by molar-refractivity contribution is 5.82. The molecule has 0 spiro atoms. The quantitative estimate of drug-likeness (QED) is 0.447. The number of esters is 1. The highest BCUT2D eigenvalue weighted by Crippen LogP contribution is 2.48. The molecule has 72 valence electrons. The van der Waals surface area contributed by atoms with Crippen molar-refractivity contribution in [3.8, 4) is 0 Å². The second-order valence-electron chi connectivity index (χ2n) is 4.12. The highest BCUT2D eigenvalue weighted by atomic mass is 16.5. The van der Waals surface area contributed by atoms with Crippen LogP contribution in [0.15, 0.2) is 12.2 Å². The molecule has 1 saturated carbocycles. The number of fused-ring (bicyclic) bond motifs is 1. The second-order valence-corrected chi connectivity index (χ2v) is 4.12. The molecule has 2 fully saturated rings. The van der Waals surface area contributed by atoms with Gasteiger partial charge in [-0.1, -0.05) is 12.2 Å². The first-order chi connectivity index (χ1) is 6.06. The van der Waals surface area contributed by atoms with Crippen molar-refractivity contribution in [1.82, 2.24) is 0 Å². The number of cyclic esters (lactones) is 1. The SMILES string of the molecule is C=C1CC[C@@H](O)[C@H]2COC(=O)[C@@]12C. The molecule has 0 aromatic heterocycles. The summed E-state index contributed by atoms with van der Waals surface area (Å²) in [6, 6.07) is 0. The fraction of sp³-hybridized carbons (Fsp3) is 0.700. The van der Waals surface area contributed by atoms with Crippen molar-refractivity contribution in [3.05, 3.63) is 12.2 Å². The number of ether oxygens (including phenoxy) is 1. The Labute approximate surface area is 77.4 Å². The van der Waals surface area contributed by atoms with Crippen LogP contribution in [0.25, 0.3) is 0 Å². The first kappa shape index (κ1) is 8.75. The first-order valence-corrected chi connectivity index (χ1v) is 4.60. The van der Waals surface area contributed by atoms with Gasteiger partial charge in [0.15, 0.2) is 0 Å². The predicted molar refractivity (Wildman–Crippen MR) is 46.9 cm³/mol. The average Bonchev–Trinajstić information content (AvgIpc) is 2.39. The number of aliphatic hydroxyl groups excluding tert-OH is 1. The molecule has 1 aliphatic carbocycles. The van der Waals surface area contributed by atoms with E-state index in [4.69, 9.17) is 4.74 Å². The van der Waals surface area contributed by atoms with Crippen LogP contribution in [0, 0.1) is 11.3 Å². The maximum absolute atomic E-state index is 11.5. The Balaban J connectivity index is 2.38. The van der Waals surface area contributed by atoms with Gasteiger partial charge in [0.2, 0.25) is 0 Å². The van der Waals surface area contributed by atoms with Gasteiger partial charge in [0.1, 0.15) is 0 Å². The Kier molecular flexibility index (Phi) is 1.74. The van der Waals surface area contributed by atoms with Gasteiger partial charge in [-0.25, -0.2) is 0 Å². The van der Waals surface area contributed by atoms with E-state index in [2.05, 4.69) is 6.58 Å². The molecular weight excluding hydrogens is 168 g/mol. The van der Waals surface area contributed by atoms with E-state index in [0.29, 0.717) is 13.0 Å². The lowest BCUT2D eigenvalue weighted by Gasteiger charge is -2.36. The van der Waals surface area contributed by atoms with E-state index in [0.717, 1.165) is 12.0 Å². The van der Waals surface area contributed by atoms with E-state index in [1.54, 1.807) is 0 Å². The van der Waals surface area contributed by atoms with E-state index in [9.17, 15) is 9.90 Å². The zero-order valence-electron chi connectivity index (χ0n) is 7.75. The minimum Gasteiger partial charge on any atom is -0.465 e. The number of hydrogen-bond acceptors (Lipinski definition) is 3. The predicted octanol–water partition coefficient (Wildman–Crippen LogP) is 0.877. The molecule has 2 rings (SSSR count). The standard InChI is InChI=1S/C10H14O3/c1-6-3-4-8(11)7-5-13-9(12)10(6,7)2/h7-8,11H,1,3-5H2,2H3/t7-,8-,10+/m1/s1. The van der Waals surface area contributed by atoms with E-state index >= 15 is 0 Å². The Morgan fingerprint density at radius 1 is 1.69 bits per heavy atom. The summed E-state index contributed by atoms with van der Waals surface area (Å²) in [5.41, 5.74) is 0.280. The molecule has 0 aromatic rings. The second kappa shape index (κ2) is 2.58. The van der Waals surface area contributed by atoms with Crippen molar-refractivity contribution in [3.63, 3.8) is 0 Å². The third kappa shape index (κ3) is 0.967. The lowest BCUT2D eigenvalue weighted by atomic mass is 9.65. The van der Waals surface area contributed by atoms with E-state index in [1.807, 2.05) is 6.92 Å². The molecule has 0 amide bonds. The van der Waals surface area contributed by atoms with Crippen molar-refractivity contribution in [2.24, 2.45) is 11.3 Å². The van der Waals surface area contributed by atoms with E-state index in [1.165, 1.54) is 0 Å². The third-order valence-corrected chi connectivity index (χ3v) is 3.50. The van der Waals surface area contributed by atoms with Gasteiger partial charge < -0.3 is 9.84 Å². The van der Waals surface area contributed by atoms with Crippen molar-refractivity contribution >= 4 is 5.97 Å². The Morgan fingerprint density at radius 2 is 2.38 bits per heavy atom. The van der Waals surface area contributed by atoms with Gasteiger partial charge in [0, 0.05) is 5.92 Å². The van der Waals surface area contributed by atoms with Crippen molar-refractivity contribution in [2.75, 3.05) is 6.61 Å². The summed E-state index contributed by atoms with van der Waals surface area (Å²) in [7, 11) is 0. The van der Waals surface area contributed by atoms with Crippen LogP contribution in [0.1, 0.15) is 19.8 Å². The van der Waals surface area contributed by atoms with Crippen LogP contribution >= 0.6 is 0 Å². The van der Waals surface area contributed by atoms with Gasteiger partial charge in [-0.3, -0.25) is 4.79 Å². The van der Waals surface area contributed by atoms with Crippen molar-refractivity contribution in [2.45, 2.75) is 25.9 Å². The lowest BCUT2D eigenvalue weighted by molar-refractivity contribution is -0.144. The summed E-state index contributed by atoms with van der Waals surface area (Å²) >= 11 is 0. The maximum atomic E-state index is 11.5. The molecule has 0 radical (unpaired) electrons. The molecule has 1 saturated heterocycles. The minimum atomic E-state index is -0.627. The molecular formula is C10H14O3. The molecule has 3 heteroatoms. The molecule has 13 heavy (non-hydrogen) atoms. The Hall–Kier alpha value is -0.830. The van der Waals surface area contributed by atoms with Crippen LogP contribution in [0.4, 0.5) is 0 Å². The van der Waals surface area contributed by atoms with Crippen molar-refractivity contribution in [1.29, 1.82) is 0 Å². The van der Waals surface area contributed by atoms with E-state index in [-0.39, 0.29) is 11.9 Å². The summed E-state index contributed by atoms with van der Waals surface area (Å²) in [5, 5.41) is 9.71. The number of hydrogen-bond donors (Lipinski definition) is 1. The van der Waals surface area contributed by atoms with Gasteiger partial charge >= 0.3 is 5.97 Å². The van der Waals surface area contributed by atoms with Crippen LogP contribution in [0.3, 0.4) is 0 Å². The number of aliphatic hydroxyl groups is 1. The van der Waals surface area contributed by atoms with Crippen molar-refractivity contribution < 1.29 is 14.6 Å². The van der Waals surface area contributed by atoms with Crippen LogP contribution in [-0.4, -0.2) is 23.8 Å². The van der Waals surface area contributed by atoms with Gasteiger partial charge in [-0.05, 0) is 19.8 Å². The Morgan fingerprint density at radius 3 is 3.00 bits per heavy atom. The summed E-state index contributed by atoms with van der Waals surface area (Å²) in [6.45, 7) is 6.08. The van der Waals surface area contributed by atoms with Crippen LogP contribution in [0.2, 0.25) is 0 Å². The topological polar surface area (TPSA) is 46.5 Å². The van der Waals surface area contributed by atoms with E-state index < -0.39 is 11.5 Å². The average molecular weight is 182 g/mol. The van der Waals surface area contributed by atoms with Gasteiger partial charge in [0.05, 0.1) is 18.1 Å². The number of carbonyl (C=O) groups excluding carboxylic acids is 1. The molecule has 1 aliphatic heterocycles. The maximum Gasteiger partial charge on any atom is 0.316 e.